The predicted octanol–water partition coefficient (Wildman–Crippen LogP) is 1.84. The van der Waals surface area contributed by atoms with Crippen LogP contribution < -0.4 is 5.32 Å². The SMILES string of the molecule is CCc1ccccc1NC(=O)[C@H]1[C@@H](C(=O)O)[C@H]2C=C[C@@H]1O2. The van der Waals surface area contributed by atoms with Crippen molar-refractivity contribution in [2.24, 2.45) is 11.8 Å². The lowest BCUT2D eigenvalue weighted by Crippen LogP contribution is -2.39. The van der Waals surface area contributed by atoms with Crippen molar-refractivity contribution in [1.82, 2.24) is 0 Å². The summed E-state index contributed by atoms with van der Waals surface area (Å²) in [6.45, 7) is 2.01. The van der Waals surface area contributed by atoms with E-state index in [4.69, 9.17) is 4.74 Å². The Kier molecular flexibility index (Phi) is 3.51. The minimum absolute atomic E-state index is 0.292. The number of para-hydroxylation sites is 1. The van der Waals surface area contributed by atoms with E-state index in [0.29, 0.717) is 0 Å². The molecule has 1 saturated heterocycles. The van der Waals surface area contributed by atoms with Crippen LogP contribution in [0.3, 0.4) is 0 Å². The van der Waals surface area contributed by atoms with Crippen LogP contribution in [0.15, 0.2) is 36.4 Å². The molecule has 2 aliphatic heterocycles. The molecule has 2 heterocycles. The fourth-order valence-corrected chi connectivity index (χ4v) is 3.08. The van der Waals surface area contributed by atoms with Gasteiger partial charge in [0.2, 0.25) is 5.91 Å². The van der Waals surface area contributed by atoms with Crippen molar-refractivity contribution >= 4 is 17.6 Å². The van der Waals surface area contributed by atoms with Crippen molar-refractivity contribution in [1.29, 1.82) is 0 Å². The molecule has 4 atom stereocenters. The van der Waals surface area contributed by atoms with E-state index in [1.165, 1.54) is 0 Å². The van der Waals surface area contributed by atoms with Gasteiger partial charge in [-0.05, 0) is 18.1 Å². The van der Waals surface area contributed by atoms with Gasteiger partial charge < -0.3 is 15.2 Å². The highest BCUT2D eigenvalue weighted by Crippen LogP contribution is 2.40. The zero-order chi connectivity index (χ0) is 15.0. The van der Waals surface area contributed by atoms with Gasteiger partial charge in [-0.15, -0.1) is 0 Å². The van der Waals surface area contributed by atoms with Gasteiger partial charge >= 0.3 is 5.97 Å². The third-order valence-corrected chi connectivity index (χ3v) is 4.14. The van der Waals surface area contributed by atoms with E-state index < -0.39 is 30.0 Å². The normalized spacial score (nSPS) is 29.6. The van der Waals surface area contributed by atoms with Crippen LogP contribution in [-0.2, 0) is 20.7 Å². The Morgan fingerprint density at radius 1 is 1.19 bits per heavy atom. The van der Waals surface area contributed by atoms with Crippen LogP contribution in [0.1, 0.15) is 12.5 Å². The third-order valence-electron chi connectivity index (χ3n) is 4.14. The van der Waals surface area contributed by atoms with Crippen molar-refractivity contribution in [2.75, 3.05) is 5.32 Å². The molecule has 21 heavy (non-hydrogen) atoms. The number of hydrogen-bond donors (Lipinski definition) is 2. The Labute approximate surface area is 122 Å². The van der Waals surface area contributed by atoms with Crippen LogP contribution in [0.2, 0.25) is 0 Å². The van der Waals surface area contributed by atoms with Gasteiger partial charge in [0.05, 0.1) is 18.1 Å². The molecule has 3 rings (SSSR count). The minimum atomic E-state index is -0.990. The fraction of sp³-hybridized carbons (Fsp3) is 0.375. The maximum absolute atomic E-state index is 12.5. The standard InChI is InChI=1S/C16H17NO4/c1-2-9-5-3-4-6-10(9)17-15(18)13-11-7-8-12(21-11)14(13)16(19)20/h3-8,11-14H,2H2,1H3,(H,17,18)(H,19,20)/t11-,12+,13+,14-/m0/s1. The van der Waals surface area contributed by atoms with Crippen LogP contribution in [-0.4, -0.2) is 29.2 Å². The highest BCUT2D eigenvalue weighted by atomic mass is 16.5. The molecule has 1 fully saturated rings. The molecular formula is C16H17NO4. The summed E-state index contributed by atoms with van der Waals surface area (Å²) >= 11 is 0. The van der Waals surface area contributed by atoms with Crippen molar-refractivity contribution in [3.8, 4) is 0 Å². The first-order valence-corrected chi connectivity index (χ1v) is 7.07. The summed E-state index contributed by atoms with van der Waals surface area (Å²) < 4.78 is 5.52. The van der Waals surface area contributed by atoms with Gasteiger partial charge in [-0.1, -0.05) is 37.3 Å². The molecule has 0 spiro atoms. The fourth-order valence-electron chi connectivity index (χ4n) is 3.08. The largest absolute Gasteiger partial charge is 0.481 e. The summed E-state index contributed by atoms with van der Waals surface area (Å²) in [7, 11) is 0. The number of benzene rings is 1. The highest BCUT2D eigenvalue weighted by molar-refractivity contribution is 5.97. The molecule has 2 bridgehead atoms. The number of fused-ring (bicyclic) bond motifs is 2. The predicted molar refractivity (Wildman–Crippen MR) is 76.9 cm³/mol. The summed E-state index contributed by atoms with van der Waals surface area (Å²) in [5.41, 5.74) is 1.76. The van der Waals surface area contributed by atoms with Crippen molar-refractivity contribution in [3.05, 3.63) is 42.0 Å². The lowest BCUT2D eigenvalue weighted by atomic mass is 9.82. The molecule has 2 aliphatic rings. The monoisotopic (exact) mass is 287 g/mol. The van der Waals surface area contributed by atoms with Gasteiger partial charge in [0.1, 0.15) is 5.92 Å². The second-order valence-corrected chi connectivity index (χ2v) is 5.34. The van der Waals surface area contributed by atoms with Gasteiger partial charge in [0.15, 0.2) is 0 Å². The number of rotatable bonds is 4. The average molecular weight is 287 g/mol. The first-order chi connectivity index (χ1) is 10.1. The number of carbonyl (C=O) groups excluding carboxylic acids is 1. The second kappa shape index (κ2) is 5.33. The molecule has 0 aromatic heterocycles. The smallest absolute Gasteiger partial charge is 0.310 e. The molecule has 1 aromatic rings. The minimum Gasteiger partial charge on any atom is -0.481 e. The number of aryl methyl sites for hydroxylation is 1. The average Bonchev–Trinajstić information content (AvgIpc) is 3.08. The van der Waals surface area contributed by atoms with Crippen molar-refractivity contribution in [2.45, 2.75) is 25.6 Å². The summed E-state index contributed by atoms with van der Waals surface area (Å²) in [5.74, 6) is -2.77. The van der Waals surface area contributed by atoms with Gasteiger partial charge in [0.25, 0.3) is 0 Å². The molecule has 0 saturated carbocycles. The number of hydrogen-bond acceptors (Lipinski definition) is 3. The summed E-state index contributed by atoms with van der Waals surface area (Å²) in [6.07, 6.45) is 3.37. The van der Waals surface area contributed by atoms with Gasteiger partial charge in [-0.3, -0.25) is 9.59 Å². The van der Waals surface area contributed by atoms with Crippen LogP contribution in [0.4, 0.5) is 5.69 Å². The lowest BCUT2D eigenvalue weighted by Gasteiger charge is -2.21. The molecule has 2 N–H and O–H groups in total. The molecular weight excluding hydrogens is 270 g/mol. The molecule has 1 amide bonds. The van der Waals surface area contributed by atoms with Crippen LogP contribution in [0.5, 0.6) is 0 Å². The molecule has 0 unspecified atom stereocenters. The Morgan fingerprint density at radius 2 is 1.86 bits per heavy atom. The Hall–Kier alpha value is -2.14. The quantitative estimate of drug-likeness (QED) is 0.829. The number of carboxylic acid groups (broad SMARTS) is 1. The maximum atomic E-state index is 12.5. The zero-order valence-corrected chi connectivity index (χ0v) is 11.7. The van der Waals surface area contributed by atoms with Gasteiger partial charge in [-0.2, -0.15) is 0 Å². The van der Waals surface area contributed by atoms with E-state index in [0.717, 1.165) is 17.7 Å². The van der Waals surface area contributed by atoms with E-state index in [1.807, 2.05) is 31.2 Å². The van der Waals surface area contributed by atoms with E-state index >= 15 is 0 Å². The van der Waals surface area contributed by atoms with E-state index in [-0.39, 0.29) is 5.91 Å². The molecule has 5 nitrogen and oxygen atoms in total. The Balaban J connectivity index is 1.82. The number of ether oxygens (including phenoxy) is 1. The van der Waals surface area contributed by atoms with Crippen LogP contribution in [0, 0.1) is 11.8 Å². The number of amides is 1. The maximum Gasteiger partial charge on any atom is 0.310 e. The first-order valence-electron chi connectivity index (χ1n) is 7.07. The molecule has 110 valence electrons. The molecule has 0 aliphatic carbocycles. The molecule has 1 aromatic carbocycles. The van der Waals surface area contributed by atoms with Gasteiger partial charge in [0, 0.05) is 5.69 Å². The van der Waals surface area contributed by atoms with E-state index in [1.54, 1.807) is 12.2 Å². The lowest BCUT2D eigenvalue weighted by molar-refractivity contribution is -0.145. The number of anilines is 1. The van der Waals surface area contributed by atoms with Crippen molar-refractivity contribution < 1.29 is 19.4 Å². The van der Waals surface area contributed by atoms with E-state index in [9.17, 15) is 14.7 Å². The molecule has 5 heteroatoms. The molecule has 0 radical (unpaired) electrons. The third kappa shape index (κ3) is 2.34. The second-order valence-electron chi connectivity index (χ2n) is 5.34. The Bertz CT molecular complexity index is 610. The Morgan fingerprint density at radius 3 is 2.52 bits per heavy atom. The first kappa shape index (κ1) is 13.8. The summed E-state index contributed by atoms with van der Waals surface area (Å²) in [6, 6.07) is 7.54. The van der Waals surface area contributed by atoms with Crippen molar-refractivity contribution in [3.63, 3.8) is 0 Å². The van der Waals surface area contributed by atoms with Gasteiger partial charge in [-0.25, -0.2) is 0 Å². The zero-order valence-electron chi connectivity index (χ0n) is 11.7. The number of carboxylic acids is 1. The number of nitrogens with one attached hydrogen (secondary N) is 1. The number of carbonyl (C=O) groups is 2. The summed E-state index contributed by atoms with van der Waals surface area (Å²) in [4.78, 5) is 23.9. The topological polar surface area (TPSA) is 75.6 Å². The highest BCUT2D eigenvalue weighted by Gasteiger charge is 2.53. The summed E-state index contributed by atoms with van der Waals surface area (Å²) in [5, 5.41) is 12.2. The van der Waals surface area contributed by atoms with Crippen LogP contribution >= 0.6 is 0 Å². The van der Waals surface area contributed by atoms with E-state index in [2.05, 4.69) is 5.32 Å². The number of aliphatic carboxylic acids is 1. The van der Waals surface area contributed by atoms with Crippen LogP contribution in [0.25, 0.3) is 0 Å².